The van der Waals surface area contributed by atoms with Gasteiger partial charge in [-0.05, 0) is 18.2 Å². The molecule has 1 fully saturated rings. The fourth-order valence-electron chi connectivity index (χ4n) is 3.17. The van der Waals surface area contributed by atoms with Gasteiger partial charge in [0.1, 0.15) is 11.4 Å². The number of nitrogens with zero attached hydrogens (tertiary/aromatic N) is 3. The first-order valence-electron chi connectivity index (χ1n) is 8.84. The molecule has 0 bridgehead atoms. The number of carbonyl (C=O) groups excluding carboxylic acids is 1. The van der Waals surface area contributed by atoms with Gasteiger partial charge in [0.2, 0.25) is 5.91 Å². The zero-order valence-electron chi connectivity index (χ0n) is 14.9. The molecule has 2 aromatic carbocycles. The molecule has 142 valence electrons. The molecule has 0 aliphatic carbocycles. The minimum absolute atomic E-state index is 0.00114. The summed E-state index contributed by atoms with van der Waals surface area (Å²) in [5.74, 6) is 0.254. The molecule has 8 heteroatoms. The third kappa shape index (κ3) is 4.46. The normalized spacial score (nSPS) is 14.1. The molecule has 27 heavy (non-hydrogen) atoms. The van der Waals surface area contributed by atoms with E-state index in [2.05, 4.69) is 10.2 Å². The maximum atomic E-state index is 12.4. The van der Waals surface area contributed by atoms with E-state index in [1.807, 2.05) is 12.1 Å². The molecule has 0 saturated carbocycles. The summed E-state index contributed by atoms with van der Waals surface area (Å²) in [5.41, 5.74) is 1.20. The second-order valence-corrected chi connectivity index (χ2v) is 6.31. The number of para-hydroxylation sites is 4. The molecule has 0 radical (unpaired) electrons. The van der Waals surface area contributed by atoms with Crippen LogP contribution in [0.25, 0.3) is 0 Å². The van der Waals surface area contributed by atoms with Gasteiger partial charge in [-0.25, -0.2) is 0 Å². The zero-order valence-corrected chi connectivity index (χ0v) is 14.9. The van der Waals surface area contributed by atoms with Crippen molar-refractivity contribution >= 4 is 23.0 Å². The van der Waals surface area contributed by atoms with Gasteiger partial charge < -0.3 is 20.2 Å². The topological polar surface area (TPSA) is 98.9 Å². The van der Waals surface area contributed by atoms with Crippen LogP contribution in [0, 0.1) is 10.1 Å². The van der Waals surface area contributed by atoms with E-state index < -0.39 is 4.92 Å². The number of hydrogen-bond acceptors (Lipinski definition) is 6. The molecule has 0 unspecified atom stereocenters. The lowest BCUT2D eigenvalue weighted by atomic mass is 10.2. The van der Waals surface area contributed by atoms with Crippen LogP contribution in [0.1, 0.15) is 6.42 Å². The van der Waals surface area contributed by atoms with Crippen LogP contribution in [0.2, 0.25) is 0 Å². The Morgan fingerprint density at radius 2 is 1.74 bits per heavy atom. The van der Waals surface area contributed by atoms with Crippen LogP contribution in [-0.2, 0) is 4.79 Å². The van der Waals surface area contributed by atoms with Gasteiger partial charge in [-0.3, -0.25) is 14.9 Å². The smallest absolute Gasteiger partial charge is 0.292 e. The number of rotatable bonds is 6. The number of nitro benzene ring substituents is 1. The molecular formula is C19H22N4O4. The van der Waals surface area contributed by atoms with Crippen molar-refractivity contribution in [1.29, 1.82) is 0 Å². The molecule has 0 spiro atoms. The number of phenols is 1. The van der Waals surface area contributed by atoms with Crippen molar-refractivity contribution in [3.8, 4) is 5.75 Å². The van der Waals surface area contributed by atoms with E-state index in [4.69, 9.17) is 0 Å². The monoisotopic (exact) mass is 370 g/mol. The maximum absolute atomic E-state index is 12.4. The first-order chi connectivity index (χ1) is 13.1. The van der Waals surface area contributed by atoms with Crippen LogP contribution in [0.5, 0.6) is 5.75 Å². The number of benzene rings is 2. The predicted octanol–water partition coefficient (Wildman–Crippen LogP) is 2.45. The third-order valence-electron chi connectivity index (χ3n) is 4.61. The van der Waals surface area contributed by atoms with E-state index >= 15 is 0 Å². The van der Waals surface area contributed by atoms with E-state index in [0.29, 0.717) is 38.4 Å². The van der Waals surface area contributed by atoms with Crippen LogP contribution >= 0.6 is 0 Å². The second-order valence-electron chi connectivity index (χ2n) is 6.31. The van der Waals surface area contributed by atoms with Crippen molar-refractivity contribution in [3.05, 3.63) is 58.6 Å². The van der Waals surface area contributed by atoms with E-state index in [1.54, 1.807) is 35.2 Å². The van der Waals surface area contributed by atoms with Gasteiger partial charge in [0.25, 0.3) is 5.69 Å². The average molecular weight is 370 g/mol. The van der Waals surface area contributed by atoms with E-state index in [1.165, 1.54) is 6.07 Å². The Labute approximate surface area is 157 Å². The number of carbonyl (C=O) groups is 1. The highest BCUT2D eigenvalue weighted by Gasteiger charge is 2.22. The molecule has 8 nitrogen and oxygen atoms in total. The Kier molecular flexibility index (Phi) is 5.75. The van der Waals surface area contributed by atoms with Gasteiger partial charge in [0, 0.05) is 45.2 Å². The number of phenolic OH excluding ortho intramolecular Hbond substituents is 1. The van der Waals surface area contributed by atoms with Crippen LogP contribution in [0.15, 0.2) is 48.5 Å². The number of hydrogen-bond donors (Lipinski definition) is 2. The summed E-state index contributed by atoms with van der Waals surface area (Å²) in [5, 5.41) is 23.9. The Bertz CT molecular complexity index is 819. The van der Waals surface area contributed by atoms with Crippen molar-refractivity contribution in [2.45, 2.75) is 6.42 Å². The van der Waals surface area contributed by atoms with Gasteiger partial charge in [0.15, 0.2) is 0 Å². The van der Waals surface area contributed by atoms with Gasteiger partial charge in [0.05, 0.1) is 10.6 Å². The van der Waals surface area contributed by atoms with Gasteiger partial charge >= 0.3 is 0 Å². The fraction of sp³-hybridized carbons (Fsp3) is 0.316. The minimum Gasteiger partial charge on any atom is -0.506 e. The number of anilines is 2. The van der Waals surface area contributed by atoms with Gasteiger partial charge in [-0.1, -0.05) is 24.3 Å². The van der Waals surface area contributed by atoms with Crippen LogP contribution in [0.3, 0.4) is 0 Å². The predicted molar refractivity (Wildman–Crippen MR) is 103 cm³/mol. The summed E-state index contributed by atoms with van der Waals surface area (Å²) in [6.45, 7) is 2.81. The lowest BCUT2D eigenvalue weighted by Crippen LogP contribution is -2.49. The average Bonchev–Trinajstić information content (AvgIpc) is 2.68. The molecule has 1 aliphatic rings. The summed E-state index contributed by atoms with van der Waals surface area (Å²) >= 11 is 0. The van der Waals surface area contributed by atoms with E-state index in [0.717, 1.165) is 5.69 Å². The van der Waals surface area contributed by atoms with Crippen molar-refractivity contribution in [1.82, 2.24) is 4.90 Å². The Hall–Kier alpha value is -3.29. The van der Waals surface area contributed by atoms with Crippen molar-refractivity contribution in [3.63, 3.8) is 0 Å². The molecule has 1 saturated heterocycles. The third-order valence-corrected chi connectivity index (χ3v) is 4.61. The van der Waals surface area contributed by atoms with Gasteiger partial charge in [-0.15, -0.1) is 0 Å². The fourth-order valence-corrected chi connectivity index (χ4v) is 3.17. The largest absolute Gasteiger partial charge is 0.506 e. The first-order valence-corrected chi connectivity index (χ1v) is 8.84. The molecule has 2 aromatic rings. The Balaban J connectivity index is 1.48. The number of aromatic hydroxyl groups is 1. The molecule has 1 heterocycles. The summed E-state index contributed by atoms with van der Waals surface area (Å²) in [6.07, 6.45) is 0.267. The zero-order chi connectivity index (χ0) is 19.2. The maximum Gasteiger partial charge on any atom is 0.292 e. The van der Waals surface area contributed by atoms with E-state index in [-0.39, 0.29) is 23.8 Å². The first kappa shape index (κ1) is 18.5. The van der Waals surface area contributed by atoms with Crippen LogP contribution in [0.4, 0.5) is 17.1 Å². The van der Waals surface area contributed by atoms with Crippen molar-refractivity contribution < 1.29 is 14.8 Å². The van der Waals surface area contributed by atoms with Crippen molar-refractivity contribution in [2.24, 2.45) is 0 Å². The Morgan fingerprint density at radius 1 is 1.07 bits per heavy atom. The standard InChI is InChI=1S/C19H22N4O4/c24-18-8-4-3-7-17(18)21-11-13-22(14-12-21)19(25)9-10-20-15-5-1-2-6-16(15)23(26)27/h1-8,20,24H,9-14H2. The lowest BCUT2D eigenvalue weighted by molar-refractivity contribution is -0.384. The van der Waals surface area contributed by atoms with Crippen LogP contribution < -0.4 is 10.2 Å². The second kappa shape index (κ2) is 8.39. The lowest BCUT2D eigenvalue weighted by Gasteiger charge is -2.36. The Morgan fingerprint density at radius 3 is 2.44 bits per heavy atom. The summed E-state index contributed by atoms with van der Waals surface area (Å²) < 4.78 is 0. The molecule has 1 amide bonds. The molecule has 0 atom stereocenters. The SMILES string of the molecule is O=C(CCNc1ccccc1[N+](=O)[O-])N1CCN(c2ccccc2O)CC1. The van der Waals surface area contributed by atoms with Gasteiger partial charge in [-0.2, -0.15) is 0 Å². The van der Waals surface area contributed by atoms with Crippen LogP contribution in [-0.4, -0.2) is 53.6 Å². The molecule has 2 N–H and O–H groups in total. The van der Waals surface area contributed by atoms with Crippen molar-refractivity contribution in [2.75, 3.05) is 42.9 Å². The summed E-state index contributed by atoms with van der Waals surface area (Å²) in [6, 6.07) is 13.6. The highest BCUT2D eigenvalue weighted by Crippen LogP contribution is 2.27. The quantitative estimate of drug-likeness (QED) is 0.599. The summed E-state index contributed by atoms with van der Waals surface area (Å²) in [4.78, 5) is 26.8. The number of piperazine rings is 1. The molecular weight excluding hydrogens is 348 g/mol. The highest BCUT2D eigenvalue weighted by atomic mass is 16.6. The minimum atomic E-state index is -0.442. The highest BCUT2D eigenvalue weighted by molar-refractivity contribution is 5.77. The number of nitrogens with one attached hydrogen (secondary N) is 1. The van der Waals surface area contributed by atoms with E-state index in [9.17, 15) is 20.0 Å². The summed E-state index contributed by atoms with van der Waals surface area (Å²) in [7, 11) is 0. The molecule has 3 rings (SSSR count). The molecule has 0 aromatic heterocycles. The molecule has 1 aliphatic heterocycles. The number of nitro groups is 1. The number of amides is 1.